The number of alkyl halides is 5. The number of nitrogens with one attached hydrogen (secondary N) is 1. The maximum atomic E-state index is 14.6. The summed E-state index contributed by atoms with van der Waals surface area (Å²) in [6, 6.07) is 8.46. The first-order valence-electron chi connectivity index (χ1n) is 11.8. The van der Waals surface area contributed by atoms with Crippen molar-refractivity contribution in [2.45, 2.75) is 32.0 Å². The fraction of sp³-hybridized carbons (Fsp3) is 0.360. The van der Waals surface area contributed by atoms with E-state index >= 15 is 0 Å². The third-order valence-corrected chi connectivity index (χ3v) is 6.09. The van der Waals surface area contributed by atoms with Gasteiger partial charge in [0.2, 0.25) is 0 Å². The normalized spacial score (nSPS) is 15.7. The second-order valence-corrected chi connectivity index (χ2v) is 8.82. The van der Waals surface area contributed by atoms with Gasteiger partial charge in [0.15, 0.2) is 17.3 Å². The number of carbonyl (C=O) groups excluding carboxylic acids is 1. The van der Waals surface area contributed by atoms with Crippen LogP contribution in [0.2, 0.25) is 0 Å². The minimum atomic E-state index is -4.95. The predicted octanol–water partition coefficient (Wildman–Crippen LogP) is 5.95. The number of hydrogen-bond donors (Lipinski definition) is 2. The third kappa shape index (κ3) is 7.15. The largest absolute Gasteiger partial charge is 0.454 e. The van der Waals surface area contributed by atoms with Crippen molar-refractivity contribution in [2.24, 2.45) is 11.7 Å². The molecule has 1 aliphatic rings. The van der Waals surface area contributed by atoms with E-state index in [0.29, 0.717) is 6.42 Å². The van der Waals surface area contributed by atoms with Gasteiger partial charge < -0.3 is 20.7 Å². The summed E-state index contributed by atoms with van der Waals surface area (Å²) >= 11 is 0. The molecule has 7 nitrogen and oxygen atoms in total. The second-order valence-electron chi connectivity index (χ2n) is 8.82. The van der Waals surface area contributed by atoms with Crippen LogP contribution < -0.4 is 20.7 Å². The van der Waals surface area contributed by atoms with Gasteiger partial charge in [-0.1, -0.05) is 12.1 Å². The number of para-hydroxylation sites is 1. The molecule has 1 aliphatic heterocycles. The highest BCUT2D eigenvalue weighted by Gasteiger charge is 2.41. The summed E-state index contributed by atoms with van der Waals surface area (Å²) < 4.78 is 89.6. The van der Waals surface area contributed by atoms with Crippen molar-refractivity contribution < 1.29 is 35.9 Å². The van der Waals surface area contributed by atoms with Gasteiger partial charge in [0, 0.05) is 19.3 Å². The van der Waals surface area contributed by atoms with E-state index in [4.69, 9.17) is 10.5 Å². The van der Waals surface area contributed by atoms with Gasteiger partial charge in [-0.2, -0.15) is 18.3 Å². The summed E-state index contributed by atoms with van der Waals surface area (Å²) in [5, 5.41) is 6.21. The van der Waals surface area contributed by atoms with E-state index in [9.17, 15) is 31.1 Å². The molecule has 39 heavy (non-hydrogen) atoms. The van der Waals surface area contributed by atoms with Gasteiger partial charge in [-0.3, -0.25) is 9.48 Å². The first-order chi connectivity index (χ1) is 18.1. The Bertz CT molecular complexity index is 1290. The van der Waals surface area contributed by atoms with Crippen LogP contribution in [0.25, 0.3) is 0 Å². The Labute approximate surface area is 226 Å². The summed E-state index contributed by atoms with van der Waals surface area (Å²) in [7, 11) is 0. The molecule has 2 aromatic carbocycles. The lowest BCUT2D eigenvalue weighted by molar-refractivity contribution is -0.138. The number of nitrogens with two attached hydrogens (primary N) is 1. The van der Waals surface area contributed by atoms with Gasteiger partial charge in [-0.05, 0) is 55.6 Å². The molecule has 1 atom stereocenters. The molecule has 2 heterocycles. The number of benzene rings is 2. The SMILES string of the molecule is Cl.NC[C@@H]1CCCN(c2c(NC(=O)c3ccn(CC(F)F)n3)ccc(Oc3ccccc3F)c2C(F)(F)F)C1. The van der Waals surface area contributed by atoms with E-state index in [-0.39, 0.29) is 55.0 Å². The van der Waals surface area contributed by atoms with Crippen LogP contribution in [0.15, 0.2) is 48.7 Å². The molecule has 3 N–H and O–H groups in total. The quantitative estimate of drug-likeness (QED) is 0.323. The average Bonchev–Trinajstić information content (AvgIpc) is 3.33. The smallest absolute Gasteiger partial charge is 0.422 e. The number of hydrogen-bond acceptors (Lipinski definition) is 5. The van der Waals surface area contributed by atoms with Gasteiger partial charge in [0.25, 0.3) is 12.3 Å². The summed E-state index contributed by atoms with van der Waals surface area (Å²) in [5.74, 6) is -2.87. The van der Waals surface area contributed by atoms with Crippen LogP contribution in [-0.2, 0) is 12.7 Å². The van der Waals surface area contributed by atoms with Crippen LogP contribution in [-0.4, -0.2) is 41.7 Å². The van der Waals surface area contributed by atoms with Gasteiger partial charge in [0.05, 0.1) is 11.4 Å². The molecule has 1 fully saturated rings. The summed E-state index contributed by atoms with van der Waals surface area (Å²) in [4.78, 5) is 14.4. The first kappa shape index (κ1) is 30.1. The number of piperidine rings is 1. The number of halogens is 7. The second kappa shape index (κ2) is 12.6. The van der Waals surface area contributed by atoms with Crippen molar-refractivity contribution in [3.05, 3.63) is 65.7 Å². The number of amides is 1. The van der Waals surface area contributed by atoms with Crippen molar-refractivity contribution in [3.63, 3.8) is 0 Å². The molecular formula is C25H26ClF6N5O2. The molecule has 0 bridgehead atoms. The molecule has 0 radical (unpaired) electrons. The number of anilines is 2. The maximum absolute atomic E-state index is 14.6. The van der Waals surface area contributed by atoms with Gasteiger partial charge in [-0.25, -0.2) is 13.2 Å². The van der Waals surface area contributed by atoms with Gasteiger partial charge >= 0.3 is 6.18 Å². The van der Waals surface area contributed by atoms with Crippen LogP contribution in [0.4, 0.5) is 37.7 Å². The first-order valence-corrected chi connectivity index (χ1v) is 11.8. The van der Waals surface area contributed by atoms with Crippen molar-refractivity contribution >= 4 is 29.7 Å². The monoisotopic (exact) mass is 577 g/mol. The van der Waals surface area contributed by atoms with Crippen LogP contribution in [0, 0.1) is 11.7 Å². The number of nitrogens with zero attached hydrogens (tertiary/aromatic N) is 3. The fourth-order valence-electron chi connectivity index (χ4n) is 4.38. The lowest BCUT2D eigenvalue weighted by atomic mass is 9.96. The van der Waals surface area contributed by atoms with E-state index in [1.54, 1.807) is 0 Å². The van der Waals surface area contributed by atoms with Crippen LogP contribution in [0.5, 0.6) is 11.5 Å². The van der Waals surface area contributed by atoms with Crippen LogP contribution in [0.3, 0.4) is 0 Å². The number of carbonyl (C=O) groups is 1. The highest BCUT2D eigenvalue weighted by molar-refractivity contribution is 6.05. The molecule has 1 amide bonds. The Balaban J connectivity index is 0.00000420. The van der Waals surface area contributed by atoms with Gasteiger partial charge in [-0.15, -0.1) is 12.4 Å². The Morgan fingerprint density at radius 1 is 1.15 bits per heavy atom. The Morgan fingerprint density at radius 2 is 1.90 bits per heavy atom. The molecule has 1 aromatic heterocycles. The lowest BCUT2D eigenvalue weighted by Crippen LogP contribution is -2.40. The standard InChI is InChI=1S/C25H25F6N5O2.ClH/c26-16-5-1-2-6-19(16)38-20-8-7-17(33-24(37)18-9-11-36(34-18)14-21(27)28)23(22(20)25(29,30)31)35-10-3-4-15(12-32)13-35;/h1-2,5-9,11,15,21H,3-4,10,12-14,32H2,(H,33,37);1H/t15-;/m0./s1. The zero-order valence-electron chi connectivity index (χ0n) is 20.4. The van der Waals surface area contributed by atoms with Gasteiger partial charge in [0.1, 0.15) is 17.9 Å². The lowest BCUT2D eigenvalue weighted by Gasteiger charge is -2.37. The highest BCUT2D eigenvalue weighted by Crippen LogP contribution is 2.48. The zero-order chi connectivity index (χ0) is 27.4. The van der Waals surface area contributed by atoms with E-state index in [1.807, 2.05) is 0 Å². The zero-order valence-corrected chi connectivity index (χ0v) is 21.2. The minimum absolute atomic E-state index is 0. The Hall–Kier alpha value is -3.45. The molecule has 4 rings (SSSR count). The Morgan fingerprint density at radius 3 is 2.56 bits per heavy atom. The molecular weight excluding hydrogens is 552 g/mol. The molecule has 14 heteroatoms. The molecule has 3 aromatic rings. The van der Waals surface area contributed by atoms with E-state index in [0.717, 1.165) is 23.2 Å². The topological polar surface area (TPSA) is 85.4 Å². The number of aromatic nitrogens is 2. The van der Waals surface area contributed by atoms with Crippen molar-refractivity contribution in [1.82, 2.24) is 9.78 Å². The molecule has 0 unspecified atom stereocenters. The average molecular weight is 578 g/mol. The minimum Gasteiger partial charge on any atom is -0.454 e. The van der Waals surface area contributed by atoms with E-state index in [1.165, 1.54) is 41.4 Å². The summed E-state index contributed by atoms with van der Waals surface area (Å²) in [6.45, 7) is -0.0527. The predicted molar refractivity (Wildman–Crippen MR) is 135 cm³/mol. The molecule has 0 aliphatic carbocycles. The van der Waals surface area contributed by atoms with Crippen molar-refractivity contribution in [1.29, 1.82) is 0 Å². The molecule has 1 saturated heterocycles. The summed E-state index contributed by atoms with van der Waals surface area (Å²) in [6.07, 6.45) is -5.20. The van der Waals surface area contributed by atoms with Crippen molar-refractivity contribution in [3.8, 4) is 11.5 Å². The molecule has 0 saturated carbocycles. The van der Waals surface area contributed by atoms with E-state index < -0.39 is 47.9 Å². The maximum Gasteiger partial charge on any atom is 0.422 e. The van der Waals surface area contributed by atoms with Crippen molar-refractivity contribution in [2.75, 3.05) is 29.9 Å². The van der Waals surface area contributed by atoms with Crippen LogP contribution in [0.1, 0.15) is 28.9 Å². The van der Waals surface area contributed by atoms with Crippen LogP contribution >= 0.6 is 12.4 Å². The Kier molecular flexibility index (Phi) is 9.73. The number of ether oxygens (including phenoxy) is 1. The summed E-state index contributed by atoms with van der Waals surface area (Å²) in [5.41, 5.74) is 3.80. The third-order valence-electron chi connectivity index (χ3n) is 6.09. The fourth-order valence-corrected chi connectivity index (χ4v) is 4.38. The molecule has 212 valence electrons. The highest BCUT2D eigenvalue weighted by atomic mass is 35.5. The molecule has 0 spiro atoms. The van der Waals surface area contributed by atoms with E-state index in [2.05, 4.69) is 10.4 Å². The number of rotatable bonds is 8.